The van der Waals surface area contributed by atoms with Crippen molar-refractivity contribution in [3.05, 3.63) is 170 Å². The minimum absolute atomic E-state index is 0.728. The Hall–Kier alpha value is -5.86. The topological polar surface area (TPSA) is 25.8 Å². The van der Waals surface area contributed by atoms with Gasteiger partial charge < -0.3 is 0 Å². The van der Waals surface area contributed by atoms with Gasteiger partial charge in [0, 0.05) is 23.5 Å². The second-order valence-electron chi connectivity index (χ2n) is 11.0. The molecule has 1 heterocycles. The SMILES string of the molecule is c1ccc(-c2ccc3c(-c4ccccc4)c4cc(-c5cnc(-c6ccccc6)nc5)ccc4c(-c4ccccc4)c3c2)cc1. The van der Waals surface area contributed by atoms with Crippen molar-refractivity contribution < 1.29 is 0 Å². The Labute approximate surface area is 257 Å². The van der Waals surface area contributed by atoms with Gasteiger partial charge in [-0.3, -0.25) is 0 Å². The van der Waals surface area contributed by atoms with Crippen molar-refractivity contribution in [2.75, 3.05) is 0 Å². The van der Waals surface area contributed by atoms with Crippen molar-refractivity contribution in [1.82, 2.24) is 9.97 Å². The molecule has 2 nitrogen and oxygen atoms in total. The van der Waals surface area contributed by atoms with Gasteiger partial charge >= 0.3 is 0 Å². The summed E-state index contributed by atoms with van der Waals surface area (Å²) in [7, 11) is 0. The Morgan fingerprint density at radius 1 is 0.273 bits per heavy atom. The Balaban J connectivity index is 1.41. The van der Waals surface area contributed by atoms with Crippen LogP contribution >= 0.6 is 0 Å². The second-order valence-corrected chi connectivity index (χ2v) is 11.0. The van der Waals surface area contributed by atoms with E-state index in [4.69, 9.17) is 9.97 Å². The molecule has 44 heavy (non-hydrogen) atoms. The van der Waals surface area contributed by atoms with E-state index in [2.05, 4.69) is 127 Å². The summed E-state index contributed by atoms with van der Waals surface area (Å²) >= 11 is 0. The van der Waals surface area contributed by atoms with Gasteiger partial charge in [-0.2, -0.15) is 0 Å². The van der Waals surface area contributed by atoms with Crippen LogP contribution in [-0.4, -0.2) is 9.97 Å². The highest BCUT2D eigenvalue weighted by molar-refractivity contribution is 6.22. The lowest BCUT2D eigenvalue weighted by Gasteiger charge is -2.19. The summed E-state index contributed by atoms with van der Waals surface area (Å²) in [5.41, 5.74) is 10.4. The van der Waals surface area contributed by atoms with Crippen LogP contribution in [0.5, 0.6) is 0 Å². The molecule has 8 aromatic rings. The quantitative estimate of drug-likeness (QED) is 0.196. The maximum absolute atomic E-state index is 4.73. The maximum Gasteiger partial charge on any atom is 0.159 e. The van der Waals surface area contributed by atoms with Gasteiger partial charge in [-0.15, -0.1) is 0 Å². The van der Waals surface area contributed by atoms with Gasteiger partial charge in [0.05, 0.1) is 0 Å². The third-order valence-electron chi connectivity index (χ3n) is 8.37. The molecule has 0 saturated carbocycles. The predicted molar refractivity (Wildman–Crippen MR) is 184 cm³/mol. The van der Waals surface area contributed by atoms with E-state index in [1.165, 1.54) is 54.9 Å². The van der Waals surface area contributed by atoms with Crippen molar-refractivity contribution in [2.24, 2.45) is 0 Å². The first-order valence-corrected chi connectivity index (χ1v) is 14.9. The summed E-state index contributed by atoms with van der Waals surface area (Å²) < 4.78 is 0. The maximum atomic E-state index is 4.73. The monoisotopic (exact) mass is 560 g/mol. The van der Waals surface area contributed by atoms with Gasteiger partial charge in [0.2, 0.25) is 0 Å². The molecule has 0 fully saturated rings. The van der Waals surface area contributed by atoms with Crippen LogP contribution in [0.2, 0.25) is 0 Å². The van der Waals surface area contributed by atoms with Crippen LogP contribution in [0.15, 0.2) is 170 Å². The zero-order chi connectivity index (χ0) is 29.3. The largest absolute Gasteiger partial charge is 0.236 e. The van der Waals surface area contributed by atoms with E-state index >= 15 is 0 Å². The average Bonchev–Trinajstić information content (AvgIpc) is 3.11. The zero-order valence-electron chi connectivity index (χ0n) is 24.1. The standard InChI is InChI=1S/C42H28N2/c1-5-13-29(14-6-1)33-21-23-36-38(25-33)40(30-15-7-2-8-16-30)37-24-22-34(26-39(37)41(36)31-17-9-3-10-18-31)35-27-43-42(44-28-35)32-19-11-4-12-20-32/h1-28H. The molecule has 0 saturated heterocycles. The molecule has 0 aliphatic carbocycles. The highest BCUT2D eigenvalue weighted by atomic mass is 14.9. The van der Waals surface area contributed by atoms with Crippen molar-refractivity contribution in [3.8, 4) is 55.9 Å². The summed E-state index contributed by atoms with van der Waals surface area (Å²) in [4.78, 5) is 9.46. The number of hydrogen-bond acceptors (Lipinski definition) is 2. The third kappa shape index (κ3) is 4.63. The Kier molecular flexibility index (Phi) is 6.51. The molecule has 0 radical (unpaired) electrons. The highest BCUT2D eigenvalue weighted by Crippen LogP contribution is 2.45. The molecule has 0 N–H and O–H groups in total. The van der Waals surface area contributed by atoms with Gasteiger partial charge in [-0.05, 0) is 72.6 Å². The lowest BCUT2D eigenvalue weighted by atomic mass is 9.84. The molecular formula is C42H28N2. The van der Waals surface area contributed by atoms with Crippen molar-refractivity contribution >= 4 is 21.5 Å². The minimum Gasteiger partial charge on any atom is -0.236 e. The average molecular weight is 561 g/mol. The lowest BCUT2D eigenvalue weighted by Crippen LogP contribution is -1.93. The molecule has 0 aliphatic heterocycles. The van der Waals surface area contributed by atoms with E-state index in [0.29, 0.717) is 0 Å². The minimum atomic E-state index is 0.728. The van der Waals surface area contributed by atoms with Crippen LogP contribution < -0.4 is 0 Å². The summed E-state index contributed by atoms with van der Waals surface area (Å²) in [5.74, 6) is 0.728. The molecule has 0 spiro atoms. The fraction of sp³-hybridized carbons (Fsp3) is 0. The van der Waals surface area contributed by atoms with E-state index in [0.717, 1.165) is 22.5 Å². The summed E-state index contributed by atoms with van der Waals surface area (Å²) in [6.45, 7) is 0. The van der Waals surface area contributed by atoms with E-state index in [1.807, 2.05) is 42.7 Å². The molecule has 0 aliphatic rings. The molecule has 7 aromatic carbocycles. The molecule has 0 unspecified atom stereocenters. The normalized spacial score (nSPS) is 11.2. The summed E-state index contributed by atoms with van der Waals surface area (Å²) in [6, 6.07) is 56.0. The first-order chi connectivity index (χ1) is 21.8. The van der Waals surface area contributed by atoms with E-state index in [9.17, 15) is 0 Å². The Bertz CT molecular complexity index is 2230. The van der Waals surface area contributed by atoms with Crippen molar-refractivity contribution in [3.63, 3.8) is 0 Å². The van der Waals surface area contributed by atoms with Crippen LogP contribution in [0.3, 0.4) is 0 Å². The number of rotatable bonds is 5. The predicted octanol–water partition coefficient (Wildman–Crippen LogP) is 11.1. The van der Waals surface area contributed by atoms with Crippen LogP contribution in [0.25, 0.3) is 77.4 Å². The van der Waals surface area contributed by atoms with Crippen molar-refractivity contribution in [2.45, 2.75) is 0 Å². The van der Waals surface area contributed by atoms with Crippen LogP contribution in [0.1, 0.15) is 0 Å². The highest BCUT2D eigenvalue weighted by Gasteiger charge is 2.18. The molecule has 8 rings (SSSR count). The van der Waals surface area contributed by atoms with E-state index in [1.54, 1.807) is 0 Å². The molecule has 1 aromatic heterocycles. The van der Waals surface area contributed by atoms with Crippen LogP contribution in [0.4, 0.5) is 0 Å². The van der Waals surface area contributed by atoms with Gasteiger partial charge in [-0.25, -0.2) is 9.97 Å². The van der Waals surface area contributed by atoms with E-state index in [-0.39, 0.29) is 0 Å². The van der Waals surface area contributed by atoms with Crippen molar-refractivity contribution in [1.29, 1.82) is 0 Å². The number of nitrogens with zero attached hydrogens (tertiary/aromatic N) is 2. The summed E-state index contributed by atoms with van der Waals surface area (Å²) in [6.07, 6.45) is 3.87. The molecule has 0 atom stereocenters. The smallest absolute Gasteiger partial charge is 0.159 e. The van der Waals surface area contributed by atoms with Gasteiger partial charge in [0.15, 0.2) is 5.82 Å². The fourth-order valence-corrected chi connectivity index (χ4v) is 6.26. The van der Waals surface area contributed by atoms with Gasteiger partial charge in [0.1, 0.15) is 0 Å². The first kappa shape index (κ1) is 25.8. The summed E-state index contributed by atoms with van der Waals surface area (Å²) in [5, 5.41) is 4.90. The third-order valence-corrected chi connectivity index (χ3v) is 8.37. The zero-order valence-corrected chi connectivity index (χ0v) is 24.1. The first-order valence-electron chi connectivity index (χ1n) is 14.9. The molecule has 206 valence electrons. The van der Waals surface area contributed by atoms with E-state index < -0.39 is 0 Å². The molecule has 0 bridgehead atoms. The van der Waals surface area contributed by atoms with Crippen LogP contribution in [-0.2, 0) is 0 Å². The second kappa shape index (κ2) is 11.1. The lowest BCUT2D eigenvalue weighted by molar-refractivity contribution is 1.18. The number of hydrogen-bond donors (Lipinski definition) is 0. The molecule has 0 amide bonds. The number of fused-ring (bicyclic) bond motifs is 2. The molecule has 2 heteroatoms. The van der Waals surface area contributed by atoms with Gasteiger partial charge in [0.25, 0.3) is 0 Å². The fourth-order valence-electron chi connectivity index (χ4n) is 6.26. The Morgan fingerprint density at radius 2 is 0.659 bits per heavy atom. The number of aromatic nitrogens is 2. The Morgan fingerprint density at radius 3 is 1.11 bits per heavy atom. The van der Waals surface area contributed by atoms with Gasteiger partial charge in [-0.1, -0.05) is 146 Å². The van der Waals surface area contributed by atoms with Crippen LogP contribution in [0, 0.1) is 0 Å². The number of benzene rings is 7. The molecular weight excluding hydrogens is 532 g/mol.